The number of Topliss-reactive ketones (excluding diaryl/α,β-unsaturated/α-hetero) is 1. The number of halogens is 1. The van der Waals surface area contributed by atoms with Crippen LogP contribution in [-0.2, 0) is 9.53 Å². The van der Waals surface area contributed by atoms with Gasteiger partial charge < -0.3 is 10.1 Å². The maximum atomic E-state index is 12.9. The molecule has 134 valence electrons. The van der Waals surface area contributed by atoms with E-state index in [1.807, 2.05) is 0 Å². The molecule has 0 aliphatic rings. The van der Waals surface area contributed by atoms with Crippen molar-refractivity contribution in [2.75, 3.05) is 11.9 Å². The van der Waals surface area contributed by atoms with E-state index in [1.54, 1.807) is 6.92 Å². The molecule has 2 aromatic rings. The Hall–Kier alpha value is -3.55. The SMILES string of the molecule is CCOC(=O)/C(=C/Nc1ccc(F)cc1)C(=O)c1ccccc1[N+](=O)[O-]. The lowest BCUT2D eigenvalue weighted by atomic mass is 10.0. The zero-order chi connectivity index (χ0) is 19.1. The van der Waals surface area contributed by atoms with Gasteiger partial charge >= 0.3 is 5.97 Å². The third-order valence-corrected chi connectivity index (χ3v) is 3.31. The Morgan fingerprint density at radius 1 is 1.19 bits per heavy atom. The summed E-state index contributed by atoms with van der Waals surface area (Å²) >= 11 is 0. The molecule has 0 spiro atoms. The molecule has 26 heavy (non-hydrogen) atoms. The van der Waals surface area contributed by atoms with Crippen molar-refractivity contribution in [2.24, 2.45) is 0 Å². The number of ketones is 1. The topological polar surface area (TPSA) is 98.5 Å². The van der Waals surface area contributed by atoms with Gasteiger partial charge in [0, 0.05) is 18.0 Å². The molecule has 2 rings (SSSR count). The molecule has 1 N–H and O–H groups in total. The fourth-order valence-corrected chi connectivity index (χ4v) is 2.10. The minimum Gasteiger partial charge on any atom is -0.462 e. The van der Waals surface area contributed by atoms with Gasteiger partial charge in [0.1, 0.15) is 17.0 Å². The van der Waals surface area contributed by atoms with Crippen molar-refractivity contribution in [1.82, 2.24) is 0 Å². The van der Waals surface area contributed by atoms with Crippen molar-refractivity contribution in [3.8, 4) is 0 Å². The first-order chi connectivity index (χ1) is 12.4. The number of hydrogen-bond acceptors (Lipinski definition) is 6. The van der Waals surface area contributed by atoms with Crippen LogP contribution >= 0.6 is 0 Å². The number of nitro benzene ring substituents is 1. The van der Waals surface area contributed by atoms with E-state index < -0.39 is 33.8 Å². The number of nitrogens with zero attached hydrogens (tertiary/aromatic N) is 1. The zero-order valence-electron chi connectivity index (χ0n) is 13.8. The van der Waals surface area contributed by atoms with Crippen LogP contribution in [-0.4, -0.2) is 23.3 Å². The van der Waals surface area contributed by atoms with Gasteiger partial charge in [-0.2, -0.15) is 0 Å². The van der Waals surface area contributed by atoms with Gasteiger partial charge in [-0.05, 0) is 37.3 Å². The maximum absolute atomic E-state index is 12.9. The van der Waals surface area contributed by atoms with Crippen LogP contribution in [0.15, 0.2) is 60.3 Å². The van der Waals surface area contributed by atoms with Gasteiger partial charge in [-0.3, -0.25) is 14.9 Å². The van der Waals surface area contributed by atoms with Crippen LogP contribution in [0.25, 0.3) is 0 Å². The summed E-state index contributed by atoms with van der Waals surface area (Å²) in [4.78, 5) is 35.2. The lowest BCUT2D eigenvalue weighted by Crippen LogP contribution is -2.18. The van der Waals surface area contributed by atoms with E-state index in [0.29, 0.717) is 5.69 Å². The molecule has 0 heterocycles. The predicted octanol–water partition coefficient (Wildman–Crippen LogP) is 3.48. The molecule has 0 aliphatic carbocycles. The minimum absolute atomic E-state index is 0.0247. The van der Waals surface area contributed by atoms with E-state index in [0.717, 1.165) is 6.20 Å². The van der Waals surface area contributed by atoms with Crippen molar-refractivity contribution in [3.05, 3.63) is 81.8 Å². The minimum atomic E-state index is -0.926. The van der Waals surface area contributed by atoms with Gasteiger partial charge in [0.15, 0.2) is 0 Å². The van der Waals surface area contributed by atoms with E-state index in [9.17, 15) is 24.1 Å². The van der Waals surface area contributed by atoms with Gasteiger partial charge in [0.2, 0.25) is 5.78 Å². The van der Waals surface area contributed by atoms with E-state index in [-0.39, 0.29) is 12.2 Å². The standard InChI is InChI=1S/C18H15FN2O5/c1-2-26-18(23)15(11-20-13-9-7-12(19)8-10-13)17(22)14-5-3-4-6-16(14)21(24)25/h3-11,20H,2H2,1H3/b15-11+. The molecule has 0 saturated heterocycles. The monoisotopic (exact) mass is 358 g/mol. The summed E-state index contributed by atoms with van der Waals surface area (Å²) in [6, 6.07) is 10.5. The third kappa shape index (κ3) is 4.50. The Kier molecular flexibility index (Phi) is 6.15. The fraction of sp³-hybridized carbons (Fsp3) is 0.111. The Labute approximate surface area is 148 Å². The average molecular weight is 358 g/mol. The highest BCUT2D eigenvalue weighted by Gasteiger charge is 2.27. The number of benzene rings is 2. The molecule has 0 saturated carbocycles. The molecule has 8 heteroatoms. The van der Waals surface area contributed by atoms with Crippen LogP contribution in [0.2, 0.25) is 0 Å². The number of para-hydroxylation sites is 1. The first kappa shape index (κ1) is 18.8. The number of rotatable bonds is 7. The summed E-state index contributed by atoms with van der Waals surface area (Å²) in [6.07, 6.45) is 1.09. The number of ether oxygens (including phenoxy) is 1. The first-order valence-electron chi connectivity index (χ1n) is 7.61. The molecule has 0 aromatic heterocycles. The maximum Gasteiger partial charge on any atom is 0.343 e. The highest BCUT2D eigenvalue weighted by molar-refractivity contribution is 6.25. The molecule has 7 nitrogen and oxygen atoms in total. The second-order valence-electron chi connectivity index (χ2n) is 5.03. The third-order valence-electron chi connectivity index (χ3n) is 3.31. The molecule has 2 aromatic carbocycles. The Morgan fingerprint density at radius 3 is 2.46 bits per heavy atom. The summed E-state index contributed by atoms with van der Waals surface area (Å²) in [6.45, 7) is 1.59. The molecule has 0 radical (unpaired) electrons. The molecule has 0 bridgehead atoms. The summed E-state index contributed by atoms with van der Waals surface area (Å²) in [5.41, 5.74) is -0.652. The lowest BCUT2D eigenvalue weighted by Gasteiger charge is -2.08. The van der Waals surface area contributed by atoms with Crippen LogP contribution in [0, 0.1) is 15.9 Å². The van der Waals surface area contributed by atoms with Gasteiger partial charge in [0.05, 0.1) is 11.5 Å². The van der Waals surface area contributed by atoms with Crippen molar-refractivity contribution < 1.29 is 23.6 Å². The number of anilines is 1. The molecule has 0 aliphatic heterocycles. The number of hydrogen-bond donors (Lipinski definition) is 1. The van der Waals surface area contributed by atoms with E-state index in [2.05, 4.69) is 5.32 Å². The van der Waals surface area contributed by atoms with Gasteiger partial charge in [0.25, 0.3) is 5.69 Å². The van der Waals surface area contributed by atoms with Crippen molar-refractivity contribution in [3.63, 3.8) is 0 Å². The largest absolute Gasteiger partial charge is 0.462 e. The molecule has 0 atom stereocenters. The molecular formula is C18H15FN2O5. The highest BCUT2D eigenvalue weighted by Crippen LogP contribution is 2.22. The van der Waals surface area contributed by atoms with E-state index in [4.69, 9.17) is 4.74 Å². The zero-order valence-corrected chi connectivity index (χ0v) is 13.8. The summed E-state index contributed by atoms with van der Waals surface area (Å²) < 4.78 is 17.8. The van der Waals surface area contributed by atoms with Crippen LogP contribution in [0.1, 0.15) is 17.3 Å². The molecule has 0 fully saturated rings. The normalized spacial score (nSPS) is 10.9. The summed E-state index contributed by atoms with van der Waals surface area (Å²) in [5, 5.41) is 13.8. The molecular weight excluding hydrogens is 343 g/mol. The quantitative estimate of drug-likeness (QED) is 0.155. The summed E-state index contributed by atoms with van der Waals surface area (Å²) in [7, 11) is 0. The van der Waals surface area contributed by atoms with Crippen LogP contribution in [0.5, 0.6) is 0 Å². The van der Waals surface area contributed by atoms with Gasteiger partial charge in [-0.1, -0.05) is 12.1 Å². The first-order valence-corrected chi connectivity index (χ1v) is 7.61. The second-order valence-corrected chi connectivity index (χ2v) is 5.03. The highest BCUT2D eigenvalue weighted by atomic mass is 19.1. The van der Waals surface area contributed by atoms with Gasteiger partial charge in [-0.25, -0.2) is 9.18 Å². The Morgan fingerprint density at radius 2 is 1.85 bits per heavy atom. The fourth-order valence-electron chi connectivity index (χ4n) is 2.10. The number of nitrogens with one attached hydrogen (secondary N) is 1. The molecule has 0 amide bonds. The second kappa shape index (κ2) is 8.52. The van der Waals surface area contributed by atoms with Crippen molar-refractivity contribution in [2.45, 2.75) is 6.92 Å². The van der Waals surface area contributed by atoms with E-state index >= 15 is 0 Å². The Balaban J connectivity index is 2.39. The number of esters is 1. The number of nitro groups is 1. The van der Waals surface area contributed by atoms with Crippen LogP contribution < -0.4 is 5.32 Å². The average Bonchev–Trinajstić information content (AvgIpc) is 2.63. The smallest absolute Gasteiger partial charge is 0.343 e. The van der Waals surface area contributed by atoms with Crippen LogP contribution in [0.4, 0.5) is 15.8 Å². The van der Waals surface area contributed by atoms with Gasteiger partial charge in [-0.15, -0.1) is 0 Å². The van der Waals surface area contributed by atoms with E-state index in [1.165, 1.54) is 48.5 Å². The van der Waals surface area contributed by atoms with Crippen molar-refractivity contribution in [1.29, 1.82) is 0 Å². The lowest BCUT2D eigenvalue weighted by molar-refractivity contribution is -0.385. The van der Waals surface area contributed by atoms with Crippen LogP contribution in [0.3, 0.4) is 0 Å². The summed E-state index contributed by atoms with van der Waals surface area (Å²) in [5.74, 6) is -2.23. The van der Waals surface area contributed by atoms with Crippen molar-refractivity contribution >= 4 is 23.1 Å². The Bertz CT molecular complexity index is 862. The number of carbonyl (C=O) groups excluding carboxylic acids is 2. The molecule has 0 unspecified atom stereocenters. The predicted molar refractivity (Wildman–Crippen MR) is 92.2 cm³/mol. The number of carbonyl (C=O) groups is 2.